The minimum atomic E-state index is -0.643. The van der Waals surface area contributed by atoms with E-state index in [9.17, 15) is 9.59 Å². The minimum Gasteiger partial charge on any atom is -0.444 e. The first-order valence-corrected chi connectivity index (χ1v) is 9.11. The van der Waals surface area contributed by atoms with Gasteiger partial charge in [0, 0.05) is 23.7 Å². The molecule has 1 aliphatic heterocycles. The first kappa shape index (κ1) is 21.7. The van der Waals surface area contributed by atoms with Crippen molar-refractivity contribution in [3.63, 3.8) is 0 Å². The fourth-order valence-corrected chi connectivity index (χ4v) is 2.41. The molecule has 2 N–H and O–H groups in total. The van der Waals surface area contributed by atoms with Gasteiger partial charge < -0.3 is 24.5 Å². The lowest BCUT2D eigenvalue weighted by atomic mass is 10.2. The van der Waals surface area contributed by atoms with Gasteiger partial charge in [0.1, 0.15) is 5.60 Å². The molecule has 1 aromatic carbocycles. The summed E-state index contributed by atoms with van der Waals surface area (Å²) in [6.07, 6.45) is 1.05. The van der Waals surface area contributed by atoms with Crippen molar-refractivity contribution < 1.29 is 23.5 Å². The van der Waals surface area contributed by atoms with Crippen LogP contribution in [0.15, 0.2) is 34.9 Å². The van der Waals surface area contributed by atoms with Crippen molar-refractivity contribution in [2.24, 2.45) is 5.73 Å². The average molecular weight is 410 g/mol. The summed E-state index contributed by atoms with van der Waals surface area (Å²) >= 11 is 5.80. The van der Waals surface area contributed by atoms with E-state index in [1.54, 1.807) is 29.2 Å². The molecule has 1 aromatic heterocycles. The van der Waals surface area contributed by atoms with Crippen molar-refractivity contribution in [3.05, 3.63) is 41.2 Å². The van der Waals surface area contributed by atoms with Gasteiger partial charge in [0.05, 0.1) is 19.4 Å². The van der Waals surface area contributed by atoms with E-state index in [1.165, 1.54) is 6.20 Å². The molecule has 28 heavy (non-hydrogen) atoms. The summed E-state index contributed by atoms with van der Waals surface area (Å²) < 4.78 is 15.5. The molecule has 0 spiro atoms. The van der Waals surface area contributed by atoms with Gasteiger partial charge in [0.2, 0.25) is 11.7 Å². The monoisotopic (exact) mass is 409 g/mol. The van der Waals surface area contributed by atoms with Crippen molar-refractivity contribution in [1.29, 1.82) is 0 Å². The van der Waals surface area contributed by atoms with Gasteiger partial charge in [-0.3, -0.25) is 4.79 Å². The maximum Gasteiger partial charge on any atom is 0.410 e. The molecular weight excluding hydrogens is 386 g/mol. The highest BCUT2D eigenvalue weighted by Crippen LogP contribution is 2.22. The van der Waals surface area contributed by atoms with Crippen LogP contribution in [0.3, 0.4) is 0 Å². The lowest BCUT2D eigenvalue weighted by molar-refractivity contribution is -0.00677. The van der Waals surface area contributed by atoms with Crippen molar-refractivity contribution in [2.45, 2.75) is 26.4 Å². The van der Waals surface area contributed by atoms with Crippen LogP contribution in [0.25, 0.3) is 11.5 Å². The van der Waals surface area contributed by atoms with Gasteiger partial charge in [-0.1, -0.05) is 17.7 Å². The Hall–Kier alpha value is -2.58. The average Bonchev–Trinajstić information content (AvgIpc) is 3.12. The van der Waals surface area contributed by atoms with Crippen LogP contribution in [0.1, 0.15) is 31.3 Å². The van der Waals surface area contributed by atoms with Gasteiger partial charge >= 0.3 is 6.09 Å². The Bertz CT molecular complexity index is 810. The van der Waals surface area contributed by atoms with Crippen LogP contribution in [-0.4, -0.2) is 53.8 Å². The van der Waals surface area contributed by atoms with E-state index in [1.807, 2.05) is 20.8 Å². The standard InChI is InChI=1S/C10H7ClN2O2.C9H17NO3/c11-7-3-1-2-6(4-7)10-13-5-8(15-10)9(12)14;1-9(2,3)13-8(11)10-4-6-12-7-5-10/h1-5H,(H2,12,14);4-7H2,1-3H3. The van der Waals surface area contributed by atoms with Gasteiger partial charge in [-0.15, -0.1) is 0 Å². The normalized spacial score (nSPS) is 14.1. The van der Waals surface area contributed by atoms with Crippen LogP contribution in [0.5, 0.6) is 0 Å². The number of ether oxygens (including phenoxy) is 2. The number of nitrogens with two attached hydrogens (primary N) is 1. The number of halogens is 1. The number of benzene rings is 1. The molecule has 1 saturated heterocycles. The molecule has 152 valence electrons. The molecule has 0 saturated carbocycles. The highest BCUT2D eigenvalue weighted by molar-refractivity contribution is 6.30. The molecule has 1 aliphatic rings. The van der Waals surface area contributed by atoms with Crippen molar-refractivity contribution in [3.8, 4) is 11.5 Å². The number of carbonyl (C=O) groups excluding carboxylic acids is 2. The Morgan fingerprint density at radius 2 is 1.93 bits per heavy atom. The molecular formula is C19H24ClN3O5. The van der Waals surface area contributed by atoms with E-state index in [-0.39, 0.29) is 11.9 Å². The maximum atomic E-state index is 11.5. The Labute approximate surface area is 168 Å². The van der Waals surface area contributed by atoms with Gasteiger partial charge in [-0.05, 0) is 39.0 Å². The topological polar surface area (TPSA) is 108 Å². The lowest BCUT2D eigenvalue weighted by Gasteiger charge is -2.29. The largest absolute Gasteiger partial charge is 0.444 e. The minimum absolute atomic E-state index is 0.0324. The quantitative estimate of drug-likeness (QED) is 0.814. The third-order valence-corrected chi connectivity index (χ3v) is 3.72. The summed E-state index contributed by atoms with van der Waals surface area (Å²) in [5.41, 5.74) is 5.33. The number of nitrogens with zero attached hydrogens (tertiary/aromatic N) is 2. The van der Waals surface area contributed by atoms with Gasteiger partial charge in [-0.2, -0.15) is 0 Å². The number of primary amides is 1. The van der Waals surface area contributed by atoms with Gasteiger partial charge in [-0.25, -0.2) is 9.78 Å². The molecule has 9 heteroatoms. The van der Waals surface area contributed by atoms with E-state index >= 15 is 0 Å². The summed E-state index contributed by atoms with van der Waals surface area (Å²) in [5.74, 6) is -0.285. The number of rotatable bonds is 2. The molecule has 0 bridgehead atoms. The van der Waals surface area contributed by atoms with Crippen LogP contribution in [0, 0.1) is 0 Å². The number of morpholine rings is 1. The SMILES string of the molecule is CC(C)(C)OC(=O)N1CCOCC1.NC(=O)c1cnc(-c2cccc(Cl)c2)o1. The first-order chi connectivity index (χ1) is 13.2. The van der Waals surface area contributed by atoms with Crippen LogP contribution in [-0.2, 0) is 9.47 Å². The summed E-state index contributed by atoms with van der Waals surface area (Å²) in [6, 6.07) is 6.98. The first-order valence-electron chi connectivity index (χ1n) is 8.73. The molecule has 0 radical (unpaired) electrons. The fourth-order valence-electron chi connectivity index (χ4n) is 2.22. The van der Waals surface area contributed by atoms with Gasteiger partial charge in [0.25, 0.3) is 5.91 Å². The number of hydrogen-bond acceptors (Lipinski definition) is 6. The zero-order valence-corrected chi connectivity index (χ0v) is 16.9. The third-order valence-electron chi connectivity index (χ3n) is 3.48. The van der Waals surface area contributed by atoms with E-state index in [4.69, 9.17) is 31.2 Å². The molecule has 0 aliphatic carbocycles. The summed E-state index contributed by atoms with van der Waals surface area (Å²) in [7, 11) is 0. The zero-order valence-electron chi connectivity index (χ0n) is 16.1. The summed E-state index contributed by atoms with van der Waals surface area (Å²) in [6.45, 7) is 8.09. The number of amides is 2. The van der Waals surface area contributed by atoms with Crippen LogP contribution >= 0.6 is 11.6 Å². The van der Waals surface area contributed by atoms with E-state index in [0.29, 0.717) is 42.8 Å². The second-order valence-corrected chi connectivity index (χ2v) is 7.42. The predicted octanol–water partition coefficient (Wildman–Crippen LogP) is 3.35. The van der Waals surface area contributed by atoms with Crippen molar-refractivity contribution >= 4 is 23.6 Å². The molecule has 0 atom stereocenters. The highest BCUT2D eigenvalue weighted by Gasteiger charge is 2.23. The predicted molar refractivity (Wildman–Crippen MR) is 104 cm³/mol. The van der Waals surface area contributed by atoms with Crippen molar-refractivity contribution in [2.75, 3.05) is 26.3 Å². The number of carbonyl (C=O) groups is 2. The number of oxazole rings is 1. The van der Waals surface area contributed by atoms with Gasteiger partial charge in [0.15, 0.2) is 0 Å². The molecule has 1 fully saturated rings. The maximum absolute atomic E-state index is 11.5. The Balaban J connectivity index is 0.000000203. The number of aromatic nitrogens is 1. The van der Waals surface area contributed by atoms with Crippen LogP contribution < -0.4 is 5.73 Å². The van der Waals surface area contributed by atoms with E-state index in [0.717, 1.165) is 0 Å². The third kappa shape index (κ3) is 6.86. The van der Waals surface area contributed by atoms with Crippen LogP contribution in [0.2, 0.25) is 5.02 Å². The molecule has 2 heterocycles. The molecule has 2 aromatic rings. The van der Waals surface area contributed by atoms with E-state index < -0.39 is 11.5 Å². The molecule has 8 nitrogen and oxygen atoms in total. The second kappa shape index (κ2) is 9.57. The van der Waals surface area contributed by atoms with E-state index in [2.05, 4.69) is 4.98 Å². The Morgan fingerprint density at radius 3 is 2.46 bits per heavy atom. The summed E-state index contributed by atoms with van der Waals surface area (Å²) in [4.78, 5) is 27.8. The van der Waals surface area contributed by atoms with Crippen LogP contribution in [0.4, 0.5) is 4.79 Å². The smallest absolute Gasteiger partial charge is 0.410 e. The highest BCUT2D eigenvalue weighted by atomic mass is 35.5. The molecule has 2 amide bonds. The Kier molecular flexibility index (Phi) is 7.42. The Morgan fingerprint density at radius 1 is 1.25 bits per heavy atom. The number of hydrogen-bond donors (Lipinski definition) is 1. The fraction of sp³-hybridized carbons (Fsp3) is 0.421. The molecule has 0 unspecified atom stereocenters. The molecule has 3 rings (SSSR count). The summed E-state index contributed by atoms with van der Waals surface area (Å²) in [5, 5.41) is 0.575. The lowest BCUT2D eigenvalue weighted by Crippen LogP contribution is -2.43. The second-order valence-electron chi connectivity index (χ2n) is 6.98. The van der Waals surface area contributed by atoms with Crippen molar-refractivity contribution in [1.82, 2.24) is 9.88 Å². The zero-order chi connectivity index (χ0) is 20.7.